The van der Waals surface area contributed by atoms with E-state index in [1.807, 2.05) is 0 Å². The first-order valence-corrected chi connectivity index (χ1v) is 3.34. The van der Waals surface area contributed by atoms with Gasteiger partial charge in [-0.1, -0.05) is 0 Å². The van der Waals surface area contributed by atoms with Gasteiger partial charge in [-0.3, -0.25) is 9.78 Å². The smallest absolute Gasteiger partial charge is 0.243 e. The van der Waals surface area contributed by atoms with Gasteiger partial charge in [-0.15, -0.1) is 0 Å². The topological polar surface area (TPSA) is 54.0 Å². The van der Waals surface area contributed by atoms with Gasteiger partial charge < -0.3 is 10.6 Å². The number of hydrogen-bond donors (Lipinski definition) is 2. The molecule has 1 amide bonds. The summed E-state index contributed by atoms with van der Waals surface area (Å²) in [6.07, 6.45) is 3.33. The number of amides is 1. The van der Waals surface area contributed by atoms with Crippen LogP contribution in [-0.2, 0) is 4.79 Å². The largest absolute Gasteiger partial charge is 0.373 e. The molecule has 0 saturated heterocycles. The number of carbonyl (C=O) groups excluding carboxylic acids is 1. The van der Waals surface area contributed by atoms with Crippen LogP contribution in [-0.4, -0.2) is 17.4 Å². The van der Waals surface area contributed by atoms with Crippen LogP contribution in [0.4, 0.5) is 11.4 Å². The Balaban J connectivity index is 2.41. The average molecular weight is 149 g/mol. The molecule has 0 bridgehead atoms. The number of fused-ring (bicyclic) bond motifs is 1. The van der Waals surface area contributed by atoms with E-state index in [9.17, 15) is 4.79 Å². The number of hydrogen-bond acceptors (Lipinski definition) is 3. The van der Waals surface area contributed by atoms with Gasteiger partial charge in [0, 0.05) is 6.20 Å². The summed E-state index contributed by atoms with van der Waals surface area (Å²) >= 11 is 0. The van der Waals surface area contributed by atoms with Crippen LogP contribution in [0.3, 0.4) is 0 Å². The van der Waals surface area contributed by atoms with Crippen molar-refractivity contribution in [3.05, 3.63) is 18.5 Å². The summed E-state index contributed by atoms with van der Waals surface area (Å²) in [7, 11) is 0. The first-order valence-electron chi connectivity index (χ1n) is 3.34. The van der Waals surface area contributed by atoms with Crippen LogP contribution in [0.25, 0.3) is 0 Å². The van der Waals surface area contributed by atoms with Gasteiger partial charge in [-0.2, -0.15) is 0 Å². The van der Waals surface area contributed by atoms with Crippen LogP contribution < -0.4 is 10.6 Å². The molecule has 0 fully saturated rings. The van der Waals surface area contributed by atoms with Crippen molar-refractivity contribution in [1.29, 1.82) is 0 Å². The molecule has 0 saturated carbocycles. The summed E-state index contributed by atoms with van der Waals surface area (Å²) in [5.74, 6) is -0.0105. The molecule has 0 aliphatic carbocycles. The maximum absolute atomic E-state index is 10.8. The van der Waals surface area contributed by atoms with E-state index in [4.69, 9.17) is 0 Å². The maximum atomic E-state index is 10.8. The zero-order valence-electron chi connectivity index (χ0n) is 5.79. The summed E-state index contributed by atoms with van der Waals surface area (Å²) in [4.78, 5) is 14.7. The first kappa shape index (κ1) is 6.15. The van der Waals surface area contributed by atoms with Crippen LogP contribution in [0.15, 0.2) is 18.5 Å². The van der Waals surface area contributed by atoms with Crippen molar-refractivity contribution < 1.29 is 4.79 Å². The van der Waals surface area contributed by atoms with Crippen molar-refractivity contribution in [1.82, 2.24) is 4.98 Å². The highest BCUT2D eigenvalue weighted by atomic mass is 16.2. The maximum Gasteiger partial charge on any atom is 0.243 e. The van der Waals surface area contributed by atoms with Crippen LogP contribution in [0, 0.1) is 0 Å². The van der Waals surface area contributed by atoms with Crippen LogP contribution >= 0.6 is 0 Å². The number of aromatic nitrogens is 1. The molecule has 1 aliphatic rings. The molecular weight excluding hydrogens is 142 g/mol. The van der Waals surface area contributed by atoms with Crippen molar-refractivity contribution in [2.45, 2.75) is 0 Å². The van der Waals surface area contributed by atoms with Crippen LogP contribution in [0.1, 0.15) is 0 Å². The van der Waals surface area contributed by atoms with Gasteiger partial charge >= 0.3 is 0 Å². The van der Waals surface area contributed by atoms with Crippen LogP contribution in [0.5, 0.6) is 0 Å². The molecule has 0 atom stereocenters. The van der Waals surface area contributed by atoms with E-state index in [0.29, 0.717) is 6.54 Å². The van der Waals surface area contributed by atoms with E-state index < -0.39 is 0 Å². The molecule has 4 heteroatoms. The van der Waals surface area contributed by atoms with Crippen LogP contribution in [0.2, 0.25) is 0 Å². The Morgan fingerprint density at radius 3 is 3.27 bits per heavy atom. The predicted molar refractivity (Wildman–Crippen MR) is 41.4 cm³/mol. The van der Waals surface area contributed by atoms with E-state index in [2.05, 4.69) is 15.6 Å². The molecule has 2 N–H and O–H groups in total. The Kier molecular flexibility index (Phi) is 1.25. The molecule has 1 aromatic heterocycles. The minimum Gasteiger partial charge on any atom is -0.373 e. The Labute approximate surface area is 63.6 Å². The lowest BCUT2D eigenvalue weighted by molar-refractivity contribution is -0.114. The molecular formula is C7H7N3O. The van der Waals surface area contributed by atoms with E-state index in [-0.39, 0.29) is 5.91 Å². The first-order chi connectivity index (χ1) is 5.36. The fourth-order valence-electron chi connectivity index (χ4n) is 1.01. The van der Waals surface area contributed by atoms with Crippen molar-refractivity contribution in [2.24, 2.45) is 0 Å². The summed E-state index contributed by atoms with van der Waals surface area (Å²) in [5, 5.41) is 5.66. The normalized spacial score (nSPS) is 14.7. The zero-order chi connectivity index (χ0) is 7.68. The highest BCUT2D eigenvalue weighted by molar-refractivity contribution is 6.00. The lowest BCUT2D eigenvalue weighted by Gasteiger charge is -2.16. The van der Waals surface area contributed by atoms with Crippen molar-refractivity contribution in [3.63, 3.8) is 0 Å². The number of nitrogens with zero attached hydrogens (tertiary/aromatic N) is 1. The fourth-order valence-corrected chi connectivity index (χ4v) is 1.01. The molecule has 4 nitrogen and oxygen atoms in total. The van der Waals surface area contributed by atoms with Gasteiger partial charge in [0.05, 0.1) is 24.1 Å². The molecule has 0 unspecified atom stereocenters. The lowest BCUT2D eigenvalue weighted by atomic mass is 10.3. The second-order valence-electron chi connectivity index (χ2n) is 2.32. The number of nitrogens with one attached hydrogen (secondary N) is 2. The highest BCUT2D eigenvalue weighted by Gasteiger charge is 2.12. The molecule has 0 aromatic carbocycles. The van der Waals surface area contributed by atoms with E-state index in [1.165, 1.54) is 0 Å². The second kappa shape index (κ2) is 2.23. The van der Waals surface area contributed by atoms with E-state index >= 15 is 0 Å². The minimum absolute atomic E-state index is 0.0105. The molecule has 2 rings (SSSR count). The molecule has 1 aromatic rings. The molecule has 2 heterocycles. The Bertz CT molecular complexity index is 297. The SMILES string of the molecule is O=C1CNc2cnccc2N1. The average Bonchev–Trinajstić information content (AvgIpc) is 2.04. The number of anilines is 2. The van der Waals surface area contributed by atoms with Gasteiger partial charge in [-0.25, -0.2) is 0 Å². The molecule has 11 heavy (non-hydrogen) atoms. The lowest BCUT2D eigenvalue weighted by Crippen LogP contribution is -2.27. The number of carbonyl (C=O) groups is 1. The van der Waals surface area contributed by atoms with Gasteiger partial charge in [0.1, 0.15) is 0 Å². The molecule has 0 radical (unpaired) electrons. The summed E-state index contributed by atoms with van der Waals surface area (Å²) < 4.78 is 0. The Hall–Kier alpha value is -1.58. The fraction of sp³-hybridized carbons (Fsp3) is 0.143. The second-order valence-corrected chi connectivity index (χ2v) is 2.32. The number of pyridine rings is 1. The van der Waals surface area contributed by atoms with Crippen molar-refractivity contribution in [2.75, 3.05) is 17.2 Å². The van der Waals surface area contributed by atoms with Gasteiger partial charge in [-0.05, 0) is 6.07 Å². The third-order valence-corrected chi connectivity index (χ3v) is 1.53. The van der Waals surface area contributed by atoms with Crippen molar-refractivity contribution in [3.8, 4) is 0 Å². The highest BCUT2D eigenvalue weighted by Crippen LogP contribution is 2.21. The van der Waals surface area contributed by atoms with Gasteiger partial charge in [0.15, 0.2) is 0 Å². The van der Waals surface area contributed by atoms with E-state index in [1.54, 1.807) is 18.5 Å². The van der Waals surface area contributed by atoms with Crippen molar-refractivity contribution >= 4 is 17.3 Å². The monoisotopic (exact) mass is 149 g/mol. The standard InChI is InChI=1S/C7H7N3O/c11-7-4-9-6-3-8-2-1-5(6)10-7/h1-3,9H,4H2,(H,10,11). The molecule has 1 aliphatic heterocycles. The summed E-state index contributed by atoms with van der Waals surface area (Å²) in [6, 6.07) is 1.76. The molecule has 0 spiro atoms. The predicted octanol–water partition coefficient (Wildman–Crippen LogP) is 0.446. The van der Waals surface area contributed by atoms with E-state index in [0.717, 1.165) is 11.4 Å². The summed E-state index contributed by atoms with van der Waals surface area (Å²) in [5.41, 5.74) is 1.68. The van der Waals surface area contributed by atoms with Gasteiger partial charge in [0.25, 0.3) is 0 Å². The molecule has 56 valence electrons. The number of rotatable bonds is 0. The summed E-state index contributed by atoms with van der Waals surface area (Å²) in [6.45, 7) is 0.332. The minimum atomic E-state index is -0.0105. The van der Waals surface area contributed by atoms with Gasteiger partial charge in [0.2, 0.25) is 5.91 Å². The Morgan fingerprint density at radius 1 is 1.45 bits per heavy atom. The third-order valence-electron chi connectivity index (χ3n) is 1.53. The third kappa shape index (κ3) is 1.02. The Morgan fingerprint density at radius 2 is 2.36 bits per heavy atom. The quantitative estimate of drug-likeness (QED) is 0.563. The zero-order valence-corrected chi connectivity index (χ0v) is 5.79.